The van der Waals surface area contributed by atoms with E-state index in [1.165, 1.54) is 12.1 Å². The van der Waals surface area contributed by atoms with Crippen molar-refractivity contribution in [3.05, 3.63) is 64.1 Å². The van der Waals surface area contributed by atoms with Gasteiger partial charge in [-0.1, -0.05) is 41.4 Å². The Bertz CT molecular complexity index is 660. The first kappa shape index (κ1) is 16.1. The highest BCUT2D eigenvalue weighted by Crippen LogP contribution is 2.22. The Morgan fingerprint density at radius 3 is 2.14 bits per heavy atom. The van der Waals surface area contributed by atoms with Crippen molar-refractivity contribution in [2.24, 2.45) is 0 Å². The predicted octanol–water partition coefficient (Wildman–Crippen LogP) is 2.96. The second kappa shape index (κ2) is 7.65. The van der Waals surface area contributed by atoms with Crippen LogP contribution in [0.3, 0.4) is 0 Å². The van der Waals surface area contributed by atoms with Crippen molar-refractivity contribution in [3.63, 3.8) is 0 Å². The summed E-state index contributed by atoms with van der Waals surface area (Å²) in [5.74, 6) is -0.383. The summed E-state index contributed by atoms with van der Waals surface area (Å²) in [7, 11) is 0. The molecule has 2 aromatic rings. The SMILES string of the molecule is O=C(NNNC(=O)c1ccccc1)Nc1cc(Cl)cc(Cl)c1. The summed E-state index contributed by atoms with van der Waals surface area (Å²) >= 11 is 11.6. The molecular formula is C14H12Cl2N4O2. The number of hydrogen-bond acceptors (Lipinski definition) is 3. The normalized spacial score (nSPS) is 9.91. The van der Waals surface area contributed by atoms with Crippen molar-refractivity contribution in [2.45, 2.75) is 0 Å². The number of rotatable bonds is 4. The minimum atomic E-state index is -0.591. The zero-order chi connectivity index (χ0) is 15.9. The number of carbonyl (C=O) groups excluding carboxylic acids is 2. The number of anilines is 1. The maximum absolute atomic E-state index is 11.7. The average Bonchev–Trinajstić information content (AvgIpc) is 2.47. The molecule has 2 aromatic carbocycles. The molecule has 0 bridgehead atoms. The molecule has 0 heterocycles. The number of urea groups is 1. The molecule has 114 valence electrons. The highest BCUT2D eigenvalue weighted by atomic mass is 35.5. The number of halogens is 2. The van der Waals surface area contributed by atoms with E-state index in [9.17, 15) is 9.59 Å². The molecule has 0 saturated carbocycles. The molecule has 6 nitrogen and oxygen atoms in total. The summed E-state index contributed by atoms with van der Waals surface area (Å²) in [4.78, 5) is 23.3. The number of carbonyl (C=O) groups is 2. The predicted molar refractivity (Wildman–Crippen MR) is 85.7 cm³/mol. The summed E-state index contributed by atoms with van der Waals surface area (Å²) in [6.07, 6.45) is 0. The van der Waals surface area contributed by atoms with Gasteiger partial charge in [-0.2, -0.15) is 0 Å². The lowest BCUT2D eigenvalue weighted by Crippen LogP contribution is -2.50. The smallest absolute Gasteiger partial charge is 0.307 e. The van der Waals surface area contributed by atoms with E-state index < -0.39 is 6.03 Å². The largest absolute Gasteiger partial charge is 0.334 e. The highest BCUT2D eigenvalue weighted by molar-refractivity contribution is 6.35. The van der Waals surface area contributed by atoms with Gasteiger partial charge in [0.15, 0.2) is 0 Å². The first-order valence-electron chi connectivity index (χ1n) is 6.18. The van der Waals surface area contributed by atoms with Gasteiger partial charge >= 0.3 is 6.03 Å². The van der Waals surface area contributed by atoms with Crippen LogP contribution in [0, 0.1) is 0 Å². The monoisotopic (exact) mass is 338 g/mol. The van der Waals surface area contributed by atoms with Crippen LogP contribution in [0.25, 0.3) is 0 Å². The number of hydrogen-bond donors (Lipinski definition) is 4. The second-order valence-electron chi connectivity index (χ2n) is 4.18. The van der Waals surface area contributed by atoms with Crippen LogP contribution >= 0.6 is 23.2 Å². The molecule has 0 aliphatic heterocycles. The van der Waals surface area contributed by atoms with E-state index in [1.54, 1.807) is 36.4 Å². The molecule has 3 amide bonds. The highest BCUT2D eigenvalue weighted by Gasteiger charge is 2.06. The molecule has 0 saturated heterocycles. The van der Waals surface area contributed by atoms with Crippen LogP contribution in [-0.2, 0) is 0 Å². The molecule has 0 atom stereocenters. The first-order valence-corrected chi connectivity index (χ1v) is 6.93. The Morgan fingerprint density at radius 1 is 0.864 bits per heavy atom. The van der Waals surface area contributed by atoms with E-state index in [0.29, 0.717) is 21.3 Å². The lowest BCUT2D eigenvalue weighted by atomic mass is 10.2. The lowest BCUT2D eigenvalue weighted by Gasteiger charge is -2.10. The zero-order valence-electron chi connectivity index (χ0n) is 11.2. The first-order chi connectivity index (χ1) is 10.5. The van der Waals surface area contributed by atoms with Crippen LogP contribution in [0.2, 0.25) is 10.0 Å². The van der Waals surface area contributed by atoms with E-state index in [2.05, 4.69) is 21.7 Å². The topological polar surface area (TPSA) is 82.3 Å². The van der Waals surface area contributed by atoms with E-state index >= 15 is 0 Å². The summed E-state index contributed by atoms with van der Waals surface area (Å²) in [5.41, 5.74) is 7.76. The summed E-state index contributed by atoms with van der Waals surface area (Å²) < 4.78 is 0. The van der Waals surface area contributed by atoms with Crippen molar-refractivity contribution in [2.75, 3.05) is 5.32 Å². The maximum Gasteiger partial charge on any atom is 0.334 e. The van der Waals surface area contributed by atoms with Gasteiger partial charge in [-0.15, -0.1) is 5.53 Å². The number of benzene rings is 2. The molecule has 22 heavy (non-hydrogen) atoms. The Morgan fingerprint density at radius 2 is 1.50 bits per heavy atom. The summed E-state index contributed by atoms with van der Waals surface area (Å²) in [6, 6.07) is 12.6. The van der Waals surface area contributed by atoms with Crippen LogP contribution in [0.4, 0.5) is 10.5 Å². The minimum Gasteiger partial charge on any atom is -0.307 e. The van der Waals surface area contributed by atoms with Gasteiger partial charge in [0.2, 0.25) is 0 Å². The van der Waals surface area contributed by atoms with Crippen LogP contribution in [0.15, 0.2) is 48.5 Å². The van der Waals surface area contributed by atoms with Gasteiger partial charge in [-0.25, -0.2) is 4.79 Å². The summed E-state index contributed by atoms with van der Waals surface area (Å²) in [6.45, 7) is 0. The maximum atomic E-state index is 11.7. The third-order valence-corrected chi connectivity index (χ3v) is 2.94. The Kier molecular flexibility index (Phi) is 5.60. The molecule has 0 aromatic heterocycles. The number of nitrogens with one attached hydrogen (secondary N) is 4. The van der Waals surface area contributed by atoms with E-state index in [4.69, 9.17) is 23.2 Å². The molecule has 0 spiro atoms. The zero-order valence-corrected chi connectivity index (χ0v) is 12.7. The summed E-state index contributed by atoms with van der Waals surface area (Å²) in [5, 5.41) is 3.30. The van der Waals surface area contributed by atoms with Gasteiger partial charge in [-0.05, 0) is 30.3 Å². The van der Waals surface area contributed by atoms with Gasteiger partial charge in [-0.3, -0.25) is 15.6 Å². The standard InChI is InChI=1S/C14H12Cl2N4O2/c15-10-6-11(16)8-12(7-10)17-14(22)19-20-18-13(21)9-4-2-1-3-5-9/h1-8,20H,(H,18,21)(H2,17,19,22). The van der Waals surface area contributed by atoms with Crippen LogP contribution in [0.5, 0.6) is 0 Å². The molecular weight excluding hydrogens is 327 g/mol. The quantitative estimate of drug-likeness (QED) is 0.647. The number of amides is 3. The van der Waals surface area contributed by atoms with Crippen molar-refractivity contribution >= 4 is 40.8 Å². The van der Waals surface area contributed by atoms with Crippen LogP contribution in [0.1, 0.15) is 10.4 Å². The van der Waals surface area contributed by atoms with Crippen molar-refractivity contribution in [1.29, 1.82) is 0 Å². The minimum absolute atomic E-state index is 0.383. The average molecular weight is 339 g/mol. The van der Waals surface area contributed by atoms with Gasteiger partial charge in [0.25, 0.3) is 5.91 Å². The van der Waals surface area contributed by atoms with Crippen molar-refractivity contribution in [1.82, 2.24) is 16.4 Å². The third-order valence-electron chi connectivity index (χ3n) is 2.51. The molecule has 0 radical (unpaired) electrons. The molecule has 4 N–H and O–H groups in total. The third kappa shape index (κ3) is 4.92. The Balaban J connectivity index is 1.79. The van der Waals surface area contributed by atoms with E-state index in [1.807, 2.05) is 0 Å². The second-order valence-corrected chi connectivity index (χ2v) is 5.06. The molecule has 2 rings (SSSR count). The fourth-order valence-electron chi connectivity index (χ4n) is 1.59. The van der Waals surface area contributed by atoms with Gasteiger partial charge in [0.1, 0.15) is 0 Å². The van der Waals surface area contributed by atoms with Gasteiger partial charge in [0.05, 0.1) is 0 Å². The molecule has 0 unspecified atom stereocenters. The molecule has 0 aliphatic carbocycles. The molecule has 8 heteroatoms. The van der Waals surface area contributed by atoms with Gasteiger partial charge < -0.3 is 5.32 Å². The molecule has 0 fully saturated rings. The van der Waals surface area contributed by atoms with Crippen LogP contribution in [-0.4, -0.2) is 11.9 Å². The Labute approximate surface area is 136 Å². The van der Waals surface area contributed by atoms with Crippen molar-refractivity contribution < 1.29 is 9.59 Å². The fraction of sp³-hybridized carbons (Fsp3) is 0. The van der Waals surface area contributed by atoms with E-state index in [0.717, 1.165) is 0 Å². The Hall–Kier alpha value is -2.28. The molecule has 0 aliphatic rings. The van der Waals surface area contributed by atoms with Crippen molar-refractivity contribution in [3.8, 4) is 0 Å². The fourth-order valence-corrected chi connectivity index (χ4v) is 2.12. The van der Waals surface area contributed by atoms with Gasteiger partial charge in [0, 0.05) is 21.3 Å². The van der Waals surface area contributed by atoms with Crippen LogP contribution < -0.4 is 21.7 Å². The lowest BCUT2D eigenvalue weighted by molar-refractivity contribution is 0.0927. The van der Waals surface area contributed by atoms with E-state index in [-0.39, 0.29) is 5.91 Å². The number of hydrazine groups is 2.